The molecular formula is C27H27N3O5. The van der Waals surface area contributed by atoms with Crippen LogP contribution in [0.3, 0.4) is 0 Å². The van der Waals surface area contributed by atoms with E-state index in [1.165, 1.54) is 0 Å². The number of hydrogen-bond acceptors (Lipinski definition) is 7. The molecule has 0 radical (unpaired) electrons. The molecule has 1 fully saturated rings. The molecule has 0 saturated heterocycles. The van der Waals surface area contributed by atoms with Gasteiger partial charge in [0.15, 0.2) is 17.1 Å². The van der Waals surface area contributed by atoms with Crippen molar-refractivity contribution in [2.75, 3.05) is 21.3 Å². The molecular weight excluding hydrogens is 446 g/mol. The molecule has 180 valence electrons. The summed E-state index contributed by atoms with van der Waals surface area (Å²) >= 11 is 0. The average Bonchev–Trinajstić information content (AvgIpc) is 3.31. The fourth-order valence-electron chi connectivity index (χ4n) is 4.41. The van der Waals surface area contributed by atoms with E-state index in [0.29, 0.717) is 39.7 Å². The average molecular weight is 474 g/mol. The number of nitrogens with two attached hydrogens (primary N) is 1. The van der Waals surface area contributed by atoms with Crippen molar-refractivity contribution < 1.29 is 23.4 Å². The van der Waals surface area contributed by atoms with Crippen LogP contribution in [0, 0.1) is 0 Å². The fraction of sp³-hybridized carbons (Fsp3) is 0.259. The van der Waals surface area contributed by atoms with Gasteiger partial charge in [0.05, 0.1) is 21.3 Å². The molecule has 0 spiro atoms. The number of rotatable bonds is 7. The number of nitrogens with zero attached hydrogens (tertiary/aromatic N) is 1. The van der Waals surface area contributed by atoms with Crippen molar-refractivity contribution in [1.29, 1.82) is 0 Å². The number of benzene rings is 2. The van der Waals surface area contributed by atoms with Crippen molar-refractivity contribution in [1.82, 2.24) is 10.3 Å². The molecule has 0 atom stereocenters. The number of fused-ring (bicyclic) bond motifs is 1. The topological polar surface area (TPSA) is 109 Å². The van der Waals surface area contributed by atoms with Crippen LogP contribution in [0.15, 0.2) is 59.1 Å². The summed E-state index contributed by atoms with van der Waals surface area (Å²) in [5, 5.41) is 3.05. The molecule has 0 aliphatic heterocycles. The van der Waals surface area contributed by atoms with Gasteiger partial charge in [-0.15, -0.1) is 0 Å². The van der Waals surface area contributed by atoms with Crippen molar-refractivity contribution in [3.63, 3.8) is 0 Å². The third-order valence-electron chi connectivity index (χ3n) is 6.31. The van der Waals surface area contributed by atoms with Gasteiger partial charge in [0.2, 0.25) is 5.75 Å². The molecule has 2 aromatic carbocycles. The van der Waals surface area contributed by atoms with E-state index < -0.39 is 0 Å². The molecule has 5 rings (SSSR count). The van der Waals surface area contributed by atoms with Crippen LogP contribution in [0.5, 0.6) is 17.2 Å². The minimum atomic E-state index is -0.105. The predicted molar refractivity (Wildman–Crippen MR) is 133 cm³/mol. The minimum absolute atomic E-state index is 0.105. The smallest absolute Gasteiger partial charge is 0.251 e. The van der Waals surface area contributed by atoms with Gasteiger partial charge in [-0.3, -0.25) is 9.78 Å². The number of methoxy groups -OCH3 is 3. The lowest BCUT2D eigenvalue weighted by atomic mass is 9.87. The Morgan fingerprint density at radius 2 is 1.74 bits per heavy atom. The molecule has 8 nitrogen and oxygen atoms in total. The Labute approximate surface area is 203 Å². The van der Waals surface area contributed by atoms with Gasteiger partial charge in [0, 0.05) is 41.0 Å². The second-order valence-electron chi connectivity index (χ2n) is 8.58. The van der Waals surface area contributed by atoms with Gasteiger partial charge in [-0.1, -0.05) is 12.1 Å². The summed E-state index contributed by atoms with van der Waals surface area (Å²) in [7, 11) is 4.70. The van der Waals surface area contributed by atoms with Crippen LogP contribution < -0.4 is 25.3 Å². The first-order valence-electron chi connectivity index (χ1n) is 11.4. The number of amides is 1. The van der Waals surface area contributed by atoms with E-state index in [9.17, 15) is 4.79 Å². The second kappa shape index (κ2) is 9.31. The van der Waals surface area contributed by atoms with E-state index in [1.54, 1.807) is 33.6 Å². The summed E-state index contributed by atoms with van der Waals surface area (Å²) < 4.78 is 22.7. The van der Waals surface area contributed by atoms with Gasteiger partial charge in [0.1, 0.15) is 11.3 Å². The number of hydrogen-bond donors (Lipinski definition) is 2. The zero-order valence-electron chi connectivity index (χ0n) is 19.8. The molecule has 1 aliphatic carbocycles. The second-order valence-corrected chi connectivity index (χ2v) is 8.58. The van der Waals surface area contributed by atoms with Gasteiger partial charge < -0.3 is 29.7 Å². The number of furan rings is 1. The van der Waals surface area contributed by atoms with Gasteiger partial charge in [-0.2, -0.15) is 0 Å². The molecule has 2 heterocycles. The number of carbonyl (C=O) groups excluding carboxylic acids is 1. The highest BCUT2D eigenvalue weighted by Crippen LogP contribution is 2.42. The summed E-state index contributed by atoms with van der Waals surface area (Å²) in [6, 6.07) is 15.2. The van der Waals surface area contributed by atoms with E-state index in [-0.39, 0.29) is 18.0 Å². The van der Waals surface area contributed by atoms with Crippen molar-refractivity contribution in [3.05, 3.63) is 60.3 Å². The number of pyridine rings is 1. The van der Waals surface area contributed by atoms with E-state index in [4.69, 9.17) is 24.4 Å². The van der Waals surface area contributed by atoms with Crippen LogP contribution in [-0.4, -0.2) is 44.3 Å². The Morgan fingerprint density at radius 1 is 1.00 bits per heavy atom. The highest BCUT2D eigenvalue weighted by molar-refractivity contribution is 5.98. The quantitative estimate of drug-likeness (QED) is 0.409. The Balaban J connectivity index is 1.51. The van der Waals surface area contributed by atoms with Crippen LogP contribution in [0.4, 0.5) is 0 Å². The largest absolute Gasteiger partial charge is 0.493 e. The van der Waals surface area contributed by atoms with Crippen molar-refractivity contribution in [2.45, 2.75) is 24.9 Å². The number of ether oxygens (including phenoxy) is 3. The number of nitrogens with one attached hydrogen (secondary N) is 1. The Morgan fingerprint density at radius 3 is 2.40 bits per heavy atom. The maximum atomic E-state index is 12.7. The van der Waals surface area contributed by atoms with Crippen LogP contribution in [0.2, 0.25) is 0 Å². The molecule has 35 heavy (non-hydrogen) atoms. The molecule has 4 aromatic rings. The van der Waals surface area contributed by atoms with Gasteiger partial charge in [-0.25, -0.2) is 0 Å². The van der Waals surface area contributed by atoms with E-state index >= 15 is 0 Å². The van der Waals surface area contributed by atoms with E-state index in [1.807, 2.05) is 42.5 Å². The highest BCUT2D eigenvalue weighted by atomic mass is 16.5. The predicted octanol–water partition coefficient (Wildman–Crippen LogP) is 4.41. The molecule has 0 bridgehead atoms. The van der Waals surface area contributed by atoms with Crippen LogP contribution in [0.25, 0.3) is 33.6 Å². The Bertz CT molecular complexity index is 1370. The van der Waals surface area contributed by atoms with Crippen LogP contribution >= 0.6 is 0 Å². The normalized spacial score (nSPS) is 17.0. The maximum Gasteiger partial charge on any atom is 0.251 e. The van der Waals surface area contributed by atoms with E-state index in [0.717, 1.165) is 29.5 Å². The third kappa shape index (κ3) is 4.28. The van der Waals surface area contributed by atoms with Gasteiger partial charge in [-0.05, 0) is 48.7 Å². The standard InChI is InChI=1S/C27H27N3O5/c1-32-23-10-17(11-24(33-2)26(23)34-3)22-14-21-25(35-22)20(7-8-29-21)15-5-4-6-16(9-15)27(31)30-19-12-18(28)13-19/h4-11,14,18-19H,12-13,28H2,1-3H3,(H,30,31)/t18-,19-. The van der Waals surface area contributed by atoms with Crippen LogP contribution in [-0.2, 0) is 0 Å². The molecule has 2 aromatic heterocycles. The number of aromatic nitrogens is 1. The summed E-state index contributed by atoms with van der Waals surface area (Å²) in [5.41, 5.74) is 10.2. The third-order valence-corrected chi connectivity index (χ3v) is 6.31. The Kier molecular flexibility index (Phi) is 6.05. The lowest BCUT2D eigenvalue weighted by Crippen LogP contribution is -2.50. The zero-order valence-corrected chi connectivity index (χ0v) is 19.8. The molecule has 8 heteroatoms. The first-order valence-corrected chi connectivity index (χ1v) is 11.4. The lowest BCUT2D eigenvalue weighted by molar-refractivity contribution is 0.0910. The molecule has 1 saturated carbocycles. The molecule has 1 amide bonds. The summed E-state index contributed by atoms with van der Waals surface area (Å²) in [4.78, 5) is 17.2. The summed E-state index contributed by atoms with van der Waals surface area (Å²) in [5.74, 6) is 2.07. The molecule has 1 aliphatic rings. The Hall–Kier alpha value is -4.04. The van der Waals surface area contributed by atoms with Gasteiger partial charge >= 0.3 is 0 Å². The lowest BCUT2D eigenvalue weighted by Gasteiger charge is -2.32. The fourth-order valence-corrected chi connectivity index (χ4v) is 4.41. The molecule has 3 N–H and O–H groups in total. The summed E-state index contributed by atoms with van der Waals surface area (Å²) in [6.07, 6.45) is 3.35. The number of carbonyl (C=O) groups is 1. The first kappa shape index (κ1) is 22.7. The first-order chi connectivity index (χ1) is 17.0. The van der Waals surface area contributed by atoms with E-state index in [2.05, 4.69) is 10.3 Å². The van der Waals surface area contributed by atoms with Crippen molar-refractivity contribution in [2.24, 2.45) is 5.73 Å². The SMILES string of the molecule is COc1cc(-c2cc3nccc(-c4cccc(C(=O)N[C@H]5C[C@H](N)C5)c4)c3o2)cc(OC)c1OC. The zero-order chi connectivity index (χ0) is 24.5. The highest BCUT2D eigenvalue weighted by Gasteiger charge is 2.27. The monoisotopic (exact) mass is 473 g/mol. The van der Waals surface area contributed by atoms with Crippen molar-refractivity contribution in [3.8, 4) is 39.7 Å². The summed E-state index contributed by atoms with van der Waals surface area (Å²) in [6.45, 7) is 0. The maximum absolute atomic E-state index is 12.7. The molecule has 0 unspecified atom stereocenters. The van der Waals surface area contributed by atoms with Gasteiger partial charge in [0.25, 0.3) is 5.91 Å². The minimum Gasteiger partial charge on any atom is -0.493 e. The van der Waals surface area contributed by atoms with Crippen molar-refractivity contribution >= 4 is 17.0 Å². The van der Waals surface area contributed by atoms with Crippen LogP contribution in [0.1, 0.15) is 23.2 Å².